The molecule has 2 aromatic rings. The smallest absolute Gasteiger partial charge is 0.339 e. The summed E-state index contributed by atoms with van der Waals surface area (Å²) >= 11 is 0. The summed E-state index contributed by atoms with van der Waals surface area (Å²) < 4.78 is 27.1. The highest BCUT2D eigenvalue weighted by atomic mass is 16.6. The van der Waals surface area contributed by atoms with Crippen LogP contribution in [-0.2, 0) is 9.53 Å². The first-order chi connectivity index (χ1) is 13.6. The Labute approximate surface area is 161 Å². The molecule has 0 spiro atoms. The van der Waals surface area contributed by atoms with Gasteiger partial charge in [0.05, 0.1) is 5.56 Å². The number of anilines is 1. The molecule has 28 heavy (non-hydrogen) atoms. The van der Waals surface area contributed by atoms with E-state index >= 15 is 0 Å². The molecule has 8 nitrogen and oxygen atoms in total. The highest BCUT2D eigenvalue weighted by Gasteiger charge is 2.22. The van der Waals surface area contributed by atoms with Gasteiger partial charge in [-0.1, -0.05) is 0 Å². The van der Waals surface area contributed by atoms with Gasteiger partial charge in [0.15, 0.2) is 29.1 Å². The number of hydrogen-bond donors (Lipinski definition) is 1. The van der Waals surface area contributed by atoms with E-state index in [0.717, 1.165) is 0 Å². The number of nitrogens with one attached hydrogen (secondary N) is 1. The van der Waals surface area contributed by atoms with Gasteiger partial charge in [0, 0.05) is 11.8 Å². The van der Waals surface area contributed by atoms with E-state index in [9.17, 15) is 9.59 Å². The van der Waals surface area contributed by atoms with Crippen molar-refractivity contribution in [3.05, 3.63) is 42.0 Å². The number of esters is 1. The summed E-state index contributed by atoms with van der Waals surface area (Å²) in [7, 11) is 0. The second-order valence-electron chi connectivity index (χ2n) is 6.25. The molecular formula is C20H19NO7. The second-order valence-corrected chi connectivity index (χ2v) is 6.25. The van der Waals surface area contributed by atoms with Crippen LogP contribution in [0, 0.1) is 0 Å². The largest absolute Gasteiger partial charge is 0.486 e. The van der Waals surface area contributed by atoms with Crippen molar-refractivity contribution in [1.29, 1.82) is 0 Å². The van der Waals surface area contributed by atoms with Gasteiger partial charge in [-0.3, -0.25) is 4.79 Å². The van der Waals surface area contributed by atoms with E-state index < -0.39 is 18.0 Å². The number of carbonyl (C=O) groups excluding carboxylic acids is 2. The molecule has 0 unspecified atom stereocenters. The van der Waals surface area contributed by atoms with E-state index in [-0.39, 0.29) is 5.56 Å². The van der Waals surface area contributed by atoms with Gasteiger partial charge in [-0.25, -0.2) is 4.79 Å². The fourth-order valence-corrected chi connectivity index (χ4v) is 2.82. The summed E-state index contributed by atoms with van der Waals surface area (Å²) in [5, 5.41) is 2.70. The first kappa shape index (κ1) is 18.0. The lowest BCUT2D eigenvalue weighted by Gasteiger charge is -2.20. The van der Waals surface area contributed by atoms with Gasteiger partial charge in [0.2, 0.25) is 0 Å². The Bertz CT molecular complexity index is 911. The third kappa shape index (κ3) is 3.80. The lowest BCUT2D eigenvalue weighted by molar-refractivity contribution is -0.123. The maximum atomic E-state index is 12.4. The van der Waals surface area contributed by atoms with E-state index in [1.807, 2.05) is 0 Å². The van der Waals surface area contributed by atoms with Gasteiger partial charge in [-0.2, -0.15) is 0 Å². The van der Waals surface area contributed by atoms with Crippen LogP contribution in [-0.4, -0.2) is 44.4 Å². The van der Waals surface area contributed by atoms with Crippen LogP contribution in [0.4, 0.5) is 5.69 Å². The van der Waals surface area contributed by atoms with Crippen LogP contribution in [0.2, 0.25) is 0 Å². The number of hydrogen-bond acceptors (Lipinski definition) is 7. The summed E-state index contributed by atoms with van der Waals surface area (Å²) in [6, 6.07) is 9.84. The van der Waals surface area contributed by atoms with Crippen LogP contribution >= 0.6 is 0 Å². The molecule has 1 N–H and O–H groups in total. The zero-order chi connectivity index (χ0) is 19.5. The van der Waals surface area contributed by atoms with Crippen LogP contribution in [0.3, 0.4) is 0 Å². The Kier molecular flexibility index (Phi) is 4.92. The number of rotatable bonds is 4. The molecule has 0 aromatic heterocycles. The Morgan fingerprint density at radius 3 is 2.11 bits per heavy atom. The summed E-state index contributed by atoms with van der Waals surface area (Å²) in [6.07, 6.45) is -0.992. The molecule has 2 heterocycles. The van der Waals surface area contributed by atoms with E-state index in [2.05, 4.69) is 5.32 Å². The molecule has 0 aliphatic carbocycles. The molecule has 4 rings (SSSR count). The number of carbonyl (C=O) groups is 2. The fourth-order valence-electron chi connectivity index (χ4n) is 2.82. The summed E-state index contributed by atoms with van der Waals surface area (Å²) in [4.78, 5) is 24.7. The third-order valence-corrected chi connectivity index (χ3v) is 4.24. The molecular weight excluding hydrogens is 366 g/mol. The predicted molar refractivity (Wildman–Crippen MR) is 98.4 cm³/mol. The maximum absolute atomic E-state index is 12.4. The molecule has 2 aromatic carbocycles. The first-order valence-corrected chi connectivity index (χ1v) is 8.91. The van der Waals surface area contributed by atoms with Gasteiger partial charge < -0.3 is 29.0 Å². The van der Waals surface area contributed by atoms with Crippen molar-refractivity contribution >= 4 is 17.6 Å². The van der Waals surface area contributed by atoms with Gasteiger partial charge in [-0.05, 0) is 37.3 Å². The number of ether oxygens (including phenoxy) is 5. The molecule has 1 amide bonds. The normalized spacial score (nSPS) is 15.3. The maximum Gasteiger partial charge on any atom is 0.339 e. The third-order valence-electron chi connectivity index (χ3n) is 4.24. The van der Waals surface area contributed by atoms with E-state index in [1.165, 1.54) is 6.92 Å². The number of amides is 1. The summed E-state index contributed by atoms with van der Waals surface area (Å²) in [5.41, 5.74) is 0.805. The van der Waals surface area contributed by atoms with E-state index in [1.54, 1.807) is 36.4 Å². The molecule has 2 aliphatic rings. The van der Waals surface area contributed by atoms with Crippen molar-refractivity contribution in [2.75, 3.05) is 31.7 Å². The molecule has 0 saturated heterocycles. The quantitative estimate of drug-likeness (QED) is 0.808. The zero-order valence-corrected chi connectivity index (χ0v) is 15.2. The molecule has 0 radical (unpaired) electrons. The van der Waals surface area contributed by atoms with Crippen molar-refractivity contribution in [2.24, 2.45) is 0 Å². The van der Waals surface area contributed by atoms with Crippen molar-refractivity contribution in [2.45, 2.75) is 13.0 Å². The second kappa shape index (κ2) is 7.67. The number of fused-ring (bicyclic) bond motifs is 2. The van der Waals surface area contributed by atoms with Crippen molar-refractivity contribution in [3.8, 4) is 23.0 Å². The standard InChI is InChI=1S/C20H19NO7/c1-12(19(22)21-14-3-5-16-18(11-14)27-9-7-25-16)28-20(23)13-2-4-15-17(10-13)26-8-6-24-15/h2-5,10-12H,6-9H2,1H3,(H,21,22)/t12-/m1/s1. The van der Waals surface area contributed by atoms with Crippen LogP contribution < -0.4 is 24.3 Å². The molecule has 0 saturated carbocycles. The average molecular weight is 385 g/mol. The van der Waals surface area contributed by atoms with Crippen LogP contribution in [0.1, 0.15) is 17.3 Å². The van der Waals surface area contributed by atoms with Gasteiger partial charge >= 0.3 is 5.97 Å². The molecule has 0 bridgehead atoms. The van der Waals surface area contributed by atoms with E-state index in [4.69, 9.17) is 23.7 Å². The molecule has 2 aliphatic heterocycles. The Balaban J connectivity index is 1.38. The van der Waals surface area contributed by atoms with Crippen LogP contribution in [0.15, 0.2) is 36.4 Å². The van der Waals surface area contributed by atoms with Gasteiger partial charge in [0.25, 0.3) is 5.91 Å². The monoisotopic (exact) mass is 385 g/mol. The van der Waals surface area contributed by atoms with Crippen LogP contribution in [0.5, 0.6) is 23.0 Å². The SMILES string of the molecule is C[C@@H](OC(=O)c1ccc2c(c1)OCCO2)C(=O)Nc1ccc2c(c1)OCCO2. The van der Waals surface area contributed by atoms with Gasteiger partial charge in [-0.15, -0.1) is 0 Å². The molecule has 8 heteroatoms. The minimum Gasteiger partial charge on any atom is -0.486 e. The summed E-state index contributed by atoms with van der Waals surface area (Å²) in [6.45, 7) is 3.33. The van der Waals surface area contributed by atoms with Crippen LogP contribution in [0.25, 0.3) is 0 Å². The van der Waals surface area contributed by atoms with Crippen molar-refractivity contribution < 1.29 is 33.3 Å². The number of benzene rings is 2. The minimum atomic E-state index is -0.992. The minimum absolute atomic E-state index is 0.281. The highest BCUT2D eigenvalue weighted by Crippen LogP contribution is 2.33. The lowest BCUT2D eigenvalue weighted by atomic mass is 10.2. The lowest BCUT2D eigenvalue weighted by Crippen LogP contribution is -2.30. The zero-order valence-electron chi connectivity index (χ0n) is 15.2. The molecule has 0 fully saturated rings. The topological polar surface area (TPSA) is 92.3 Å². The Morgan fingerprint density at radius 2 is 1.43 bits per heavy atom. The van der Waals surface area contributed by atoms with Crippen molar-refractivity contribution in [1.82, 2.24) is 0 Å². The predicted octanol–water partition coefficient (Wildman–Crippen LogP) is 2.41. The highest BCUT2D eigenvalue weighted by molar-refractivity contribution is 5.97. The fraction of sp³-hybridized carbons (Fsp3) is 0.300. The Morgan fingerprint density at radius 1 is 0.857 bits per heavy atom. The van der Waals surface area contributed by atoms with Crippen molar-refractivity contribution in [3.63, 3.8) is 0 Å². The molecule has 146 valence electrons. The van der Waals surface area contributed by atoms with Gasteiger partial charge in [0.1, 0.15) is 26.4 Å². The Hall–Kier alpha value is -3.42. The molecule has 1 atom stereocenters. The summed E-state index contributed by atoms with van der Waals surface area (Å²) in [5.74, 6) is 1.16. The van der Waals surface area contributed by atoms with E-state index in [0.29, 0.717) is 55.1 Å². The first-order valence-electron chi connectivity index (χ1n) is 8.91. The average Bonchev–Trinajstić information content (AvgIpc) is 2.73.